The first-order valence-corrected chi connectivity index (χ1v) is 8.74. The number of sulfonamides is 1. The van der Waals surface area contributed by atoms with Crippen molar-refractivity contribution in [1.82, 2.24) is 9.62 Å². The fourth-order valence-corrected chi connectivity index (χ4v) is 4.05. The number of rotatable bonds is 4. The largest absolute Gasteiger partial charge is 0.405 e. The van der Waals surface area contributed by atoms with E-state index in [4.69, 9.17) is 0 Å². The second kappa shape index (κ2) is 7.24. The van der Waals surface area contributed by atoms with Crippen LogP contribution >= 0.6 is 0 Å². The van der Waals surface area contributed by atoms with E-state index in [-0.39, 0.29) is 25.9 Å². The molecule has 1 aliphatic rings. The minimum Gasteiger partial charge on any atom is -0.347 e. The Morgan fingerprint density at radius 2 is 1.80 bits per heavy atom. The smallest absolute Gasteiger partial charge is 0.347 e. The van der Waals surface area contributed by atoms with Crippen LogP contribution in [0.5, 0.6) is 0 Å². The molecule has 2 rings (SSSR count). The van der Waals surface area contributed by atoms with Gasteiger partial charge >= 0.3 is 6.18 Å². The minimum atomic E-state index is -4.53. The fourth-order valence-electron chi connectivity index (χ4n) is 2.50. The van der Waals surface area contributed by atoms with Crippen molar-refractivity contribution in [1.29, 1.82) is 0 Å². The zero-order valence-electron chi connectivity index (χ0n) is 12.8. The van der Waals surface area contributed by atoms with Gasteiger partial charge < -0.3 is 5.32 Å². The molecule has 1 aromatic rings. The number of hydrogen-bond acceptors (Lipinski definition) is 3. The summed E-state index contributed by atoms with van der Waals surface area (Å²) in [6.45, 7) is -1.82. The summed E-state index contributed by atoms with van der Waals surface area (Å²) in [7, 11) is -4.29. The summed E-state index contributed by atoms with van der Waals surface area (Å²) in [5.74, 6) is -3.61. The molecule has 0 aromatic heterocycles. The lowest BCUT2D eigenvalue weighted by Crippen LogP contribution is -2.44. The van der Waals surface area contributed by atoms with Crippen molar-refractivity contribution in [2.75, 3.05) is 19.6 Å². The van der Waals surface area contributed by atoms with Gasteiger partial charge in [0.15, 0.2) is 0 Å². The Morgan fingerprint density at radius 1 is 1.20 bits per heavy atom. The van der Waals surface area contributed by atoms with Gasteiger partial charge in [0, 0.05) is 19.0 Å². The summed E-state index contributed by atoms with van der Waals surface area (Å²) >= 11 is 0. The molecule has 140 valence electrons. The molecule has 1 N–H and O–H groups in total. The van der Waals surface area contributed by atoms with Crippen LogP contribution in [-0.2, 0) is 14.8 Å². The number of benzene rings is 1. The molecular formula is C14H15F5N2O3S. The summed E-state index contributed by atoms with van der Waals surface area (Å²) in [6.07, 6.45) is -4.56. The van der Waals surface area contributed by atoms with E-state index in [1.807, 2.05) is 0 Å². The third-order valence-electron chi connectivity index (χ3n) is 3.80. The Hall–Kier alpha value is -1.75. The first-order chi connectivity index (χ1) is 11.5. The van der Waals surface area contributed by atoms with Gasteiger partial charge in [0.1, 0.15) is 23.1 Å². The van der Waals surface area contributed by atoms with E-state index in [0.29, 0.717) is 12.1 Å². The molecule has 0 saturated carbocycles. The summed E-state index contributed by atoms with van der Waals surface area (Å²) in [5, 5.41) is 1.75. The molecule has 0 unspecified atom stereocenters. The maximum Gasteiger partial charge on any atom is 0.405 e. The van der Waals surface area contributed by atoms with Gasteiger partial charge in [-0.25, -0.2) is 17.2 Å². The highest BCUT2D eigenvalue weighted by molar-refractivity contribution is 7.89. The monoisotopic (exact) mass is 386 g/mol. The molecule has 1 saturated heterocycles. The predicted octanol–water partition coefficient (Wildman–Crippen LogP) is 2.04. The fraction of sp³-hybridized carbons (Fsp3) is 0.500. The zero-order valence-corrected chi connectivity index (χ0v) is 13.6. The summed E-state index contributed by atoms with van der Waals surface area (Å²) in [4.78, 5) is 10.9. The van der Waals surface area contributed by atoms with Gasteiger partial charge in [-0.05, 0) is 31.0 Å². The van der Waals surface area contributed by atoms with Crippen LogP contribution < -0.4 is 5.32 Å². The molecule has 0 aliphatic carbocycles. The van der Waals surface area contributed by atoms with E-state index in [0.717, 1.165) is 10.4 Å². The molecule has 25 heavy (non-hydrogen) atoms. The van der Waals surface area contributed by atoms with Crippen LogP contribution in [0, 0.1) is 17.6 Å². The first-order valence-electron chi connectivity index (χ1n) is 7.30. The number of hydrogen-bond donors (Lipinski definition) is 1. The molecule has 1 aliphatic heterocycles. The number of carbonyl (C=O) groups is 1. The molecule has 0 radical (unpaired) electrons. The Bertz CT molecular complexity index is 743. The van der Waals surface area contributed by atoms with Crippen molar-refractivity contribution in [3.8, 4) is 0 Å². The van der Waals surface area contributed by atoms with Gasteiger partial charge in [-0.3, -0.25) is 4.79 Å². The normalized spacial score (nSPS) is 17.5. The van der Waals surface area contributed by atoms with Crippen LogP contribution in [0.15, 0.2) is 23.1 Å². The van der Waals surface area contributed by atoms with E-state index < -0.39 is 51.1 Å². The van der Waals surface area contributed by atoms with E-state index in [1.165, 1.54) is 0 Å². The highest BCUT2D eigenvalue weighted by Gasteiger charge is 2.35. The molecule has 11 heteroatoms. The van der Waals surface area contributed by atoms with Crippen molar-refractivity contribution in [3.05, 3.63) is 29.8 Å². The second-order valence-electron chi connectivity index (χ2n) is 5.59. The van der Waals surface area contributed by atoms with Crippen molar-refractivity contribution < 1.29 is 35.2 Å². The Kier molecular flexibility index (Phi) is 5.67. The van der Waals surface area contributed by atoms with Gasteiger partial charge in [-0.2, -0.15) is 17.5 Å². The molecule has 1 heterocycles. The lowest BCUT2D eigenvalue weighted by molar-refractivity contribution is -0.141. The lowest BCUT2D eigenvalue weighted by atomic mass is 9.97. The molecule has 5 nitrogen and oxygen atoms in total. The Morgan fingerprint density at radius 3 is 2.36 bits per heavy atom. The minimum absolute atomic E-state index is 0.0140. The third kappa shape index (κ3) is 4.88. The Labute approximate surface area is 140 Å². The van der Waals surface area contributed by atoms with E-state index in [2.05, 4.69) is 0 Å². The van der Waals surface area contributed by atoms with Crippen LogP contribution in [0.2, 0.25) is 0 Å². The zero-order chi connectivity index (χ0) is 18.8. The van der Waals surface area contributed by atoms with Crippen LogP contribution in [0.25, 0.3) is 0 Å². The SMILES string of the molecule is O=C(NCC(F)(F)F)C1CCN(S(=O)(=O)c2cc(F)ccc2F)CC1. The van der Waals surface area contributed by atoms with Gasteiger partial charge in [-0.15, -0.1) is 0 Å². The summed E-state index contributed by atoms with van der Waals surface area (Å²) in [5.41, 5.74) is 0. The molecule has 1 aromatic carbocycles. The number of nitrogens with zero attached hydrogens (tertiary/aromatic N) is 1. The average molecular weight is 386 g/mol. The number of piperidine rings is 1. The van der Waals surface area contributed by atoms with Crippen molar-refractivity contribution in [2.24, 2.45) is 5.92 Å². The maximum atomic E-state index is 13.7. The number of carbonyl (C=O) groups excluding carboxylic acids is 1. The lowest BCUT2D eigenvalue weighted by Gasteiger charge is -2.30. The molecule has 1 fully saturated rings. The van der Waals surface area contributed by atoms with E-state index in [9.17, 15) is 35.2 Å². The molecular weight excluding hydrogens is 371 g/mol. The summed E-state index contributed by atoms with van der Waals surface area (Å²) < 4.78 is 88.8. The van der Waals surface area contributed by atoms with Crippen LogP contribution in [0.1, 0.15) is 12.8 Å². The van der Waals surface area contributed by atoms with Crippen molar-refractivity contribution in [2.45, 2.75) is 23.9 Å². The quantitative estimate of drug-likeness (QED) is 0.806. The number of alkyl halides is 3. The van der Waals surface area contributed by atoms with E-state index in [1.54, 1.807) is 5.32 Å². The number of nitrogens with one attached hydrogen (secondary N) is 1. The average Bonchev–Trinajstić information content (AvgIpc) is 2.54. The van der Waals surface area contributed by atoms with Crippen LogP contribution in [-0.4, -0.2) is 44.4 Å². The van der Waals surface area contributed by atoms with Crippen LogP contribution in [0.4, 0.5) is 22.0 Å². The van der Waals surface area contributed by atoms with Gasteiger partial charge in [-0.1, -0.05) is 0 Å². The van der Waals surface area contributed by atoms with Gasteiger partial charge in [0.05, 0.1) is 0 Å². The van der Waals surface area contributed by atoms with Gasteiger partial charge in [0.25, 0.3) is 0 Å². The van der Waals surface area contributed by atoms with Crippen molar-refractivity contribution in [3.63, 3.8) is 0 Å². The summed E-state index contributed by atoms with van der Waals surface area (Å²) in [6, 6.07) is 2.04. The molecule has 0 atom stereocenters. The highest BCUT2D eigenvalue weighted by atomic mass is 32.2. The topological polar surface area (TPSA) is 66.5 Å². The number of halogens is 5. The van der Waals surface area contributed by atoms with E-state index >= 15 is 0 Å². The second-order valence-corrected chi connectivity index (χ2v) is 7.49. The molecule has 0 bridgehead atoms. The maximum absolute atomic E-state index is 13.7. The van der Waals surface area contributed by atoms with Crippen LogP contribution in [0.3, 0.4) is 0 Å². The predicted molar refractivity (Wildman–Crippen MR) is 76.9 cm³/mol. The van der Waals surface area contributed by atoms with Crippen molar-refractivity contribution >= 4 is 15.9 Å². The standard InChI is InChI=1S/C14H15F5N2O3S/c15-10-1-2-11(16)12(7-10)25(23,24)21-5-3-9(4-6-21)13(22)20-8-14(17,18)19/h1-2,7,9H,3-6,8H2,(H,20,22). The van der Waals surface area contributed by atoms with Gasteiger partial charge in [0.2, 0.25) is 15.9 Å². The Balaban J connectivity index is 2.02. The molecule has 0 spiro atoms. The highest BCUT2D eigenvalue weighted by Crippen LogP contribution is 2.26. The number of amides is 1. The first kappa shape index (κ1) is 19.6. The third-order valence-corrected chi connectivity index (χ3v) is 5.71. The molecule has 1 amide bonds.